The highest BCUT2D eigenvalue weighted by molar-refractivity contribution is 5.82. The SMILES string of the molecule is CC(C)CN1CCC(Oc2cc3cc[nH]c(=O)c3cc2F)CC1. The van der Waals surface area contributed by atoms with Crippen LogP contribution in [0.2, 0.25) is 0 Å². The fourth-order valence-corrected chi connectivity index (χ4v) is 3.18. The van der Waals surface area contributed by atoms with E-state index >= 15 is 0 Å². The predicted octanol–water partition coefficient (Wildman–Crippen LogP) is 3.17. The number of piperidine rings is 1. The maximum absolute atomic E-state index is 14.2. The number of likely N-dealkylation sites (tertiary alicyclic amines) is 1. The molecule has 0 unspecified atom stereocenters. The summed E-state index contributed by atoms with van der Waals surface area (Å²) in [4.78, 5) is 16.7. The smallest absolute Gasteiger partial charge is 0.255 e. The number of H-pyrrole nitrogens is 1. The number of hydrogen-bond donors (Lipinski definition) is 1. The molecular formula is C18H23FN2O2. The van der Waals surface area contributed by atoms with Gasteiger partial charge in [0.05, 0.1) is 5.39 Å². The summed E-state index contributed by atoms with van der Waals surface area (Å²) in [6.07, 6.45) is 3.41. The second-order valence-electron chi connectivity index (χ2n) is 6.69. The summed E-state index contributed by atoms with van der Waals surface area (Å²) >= 11 is 0. The van der Waals surface area contributed by atoms with Crippen molar-refractivity contribution < 1.29 is 9.13 Å². The molecule has 5 heteroatoms. The lowest BCUT2D eigenvalue weighted by molar-refractivity contribution is 0.0912. The van der Waals surface area contributed by atoms with Crippen LogP contribution in [0.15, 0.2) is 29.2 Å². The molecule has 2 aromatic rings. The number of hydrogen-bond acceptors (Lipinski definition) is 3. The molecule has 1 aliphatic heterocycles. The Bertz CT molecular complexity index is 733. The van der Waals surface area contributed by atoms with Gasteiger partial charge in [-0.3, -0.25) is 4.79 Å². The van der Waals surface area contributed by atoms with Crippen LogP contribution in [-0.4, -0.2) is 35.6 Å². The van der Waals surface area contributed by atoms with E-state index < -0.39 is 5.82 Å². The third kappa shape index (κ3) is 3.72. The number of aromatic amines is 1. The van der Waals surface area contributed by atoms with E-state index in [0.717, 1.165) is 32.5 Å². The summed E-state index contributed by atoms with van der Waals surface area (Å²) in [7, 11) is 0. The zero-order valence-electron chi connectivity index (χ0n) is 13.6. The Labute approximate surface area is 135 Å². The summed E-state index contributed by atoms with van der Waals surface area (Å²) in [6, 6.07) is 4.64. The van der Waals surface area contributed by atoms with Crippen LogP contribution in [-0.2, 0) is 0 Å². The van der Waals surface area contributed by atoms with E-state index in [1.54, 1.807) is 18.3 Å². The van der Waals surface area contributed by atoms with E-state index in [9.17, 15) is 9.18 Å². The Morgan fingerprint density at radius 2 is 2.09 bits per heavy atom. The van der Waals surface area contributed by atoms with Crippen LogP contribution in [0, 0.1) is 11.7 Å². The number of halogens is 1. The monoisotopic (exact) mass is 318 g/mol. The van der Waals surface area contributed by atoms with E-state index in [4.69, 9.17) is 4.74 Å². The van der Waals surface area contributed by atoms with Gasteiger partial charge in [-0.1, -0.05) is 13.8 Å². The number of fused-ring (bicyclic) bond motifs is 1. The molecule has 4 nitrogen and oxygen atoms in total. The van der Waals surface area contributed by atoms with Gasteiger partial charge in [-0.05, 0) is 42.3 Å². The van der Waals surface area contributed by atoms with Crippen LogP contribution in [0.1, 0.15) is 26.7 Å². The van der Waals surface area contributed by atoms with Crippen LogP contribution in [0.4, 0.5) is 4.39 Å². The van der Waals surface area contributed by atoms with Gasteiger partial charge in [0.2, 0.25) is 0 Å². The zero-order chi connectivity index (χ0) is 16.4. The third-order valence-corrected chi connectivity index (χ3v) is 4.28. The molecule has 0 atom stereocenters. The van der Waals surface area contributed by atoms with Crippen molar-refractivity contribution in [3.05, 3.63) is 40.6 Å². The quantitative estimate of drug-likeness (QED) is 0.942. The summed E-state index contributed by atoms with van der Waals surface area (Å²) in [5, 5.41) is 1.05. The van der Waals surface area contributed by atoms with Crippen molar-refractivity contribution in [2.45, 2.75) is 32.8 Å². The Kier molecular flexibility index (Phi) is 4.66. The number of benzene rings is 1. The van der Waals surface area contributed by atoms with E-state index in [0.29, 0.717) is 16.7 Å². The summed E-state index contributed by atoms with van der Waals surface area (Å²) in [5.41, 5.74) is -0.282. The fourth-order valence-electron chi connectivity index (χ4n) is 3.18. The van der Waals surface area contributed by atoms with E-state index in [1.807, 2.05) is 0 Å². The largest absolute Gasteiger partial charge is 0.487 e. The number of ether oxygens (including phenoxy) is 1. The second-order valence-corrected chi connectivity index (χ2v) is 6.69. The van der Waals surface area contributed by atoms with E-state index in [-0.39, 0.29) is 17.4 Å². The molecular weight excluding hydrogens is 295 g/mol. The average Bonchev–Trinajstić information content (AvgIpc) is 2.50. The second kappa shape index (κ2) is 6.71. The van der Waals surface area contributed by atoms with Crippen LogP contribution >= 0.6 is 0 Å². The highest BCUT2D eigenvalue weighted by Crippen LogP contribution is 2.26. The van der Waals surface area contributed by atoms with Crippen molar-refractivity contribution in [2.75, 3.05) is 19.6 Å². The Hall–Kier alpha value is -1.88. The molecule has 0 bridgehead atoms. The first-order valence-corrected chi connectivity index (χ1v) is 8.23. The van der Waals surface area contributed by atoms with Crippen LogP contribution in [0.5, 0.6) is 5.75 Å². The predicted molar refractivity (Wildman–Crippen MR) is 89.5 cm³/mol. The van der Waals surface area contributed by atoms with Gasteiger partial charge < -0.3 is 14.6 Å². The number of nitrogens with zero attached hydrogens (tertiary/aromatic N) is 1. The van der Waals surface area contributed by atoms with Crippen LogP contribution in [0.25, 0.3) is 10.8 Å². The summed E-state index contributed by atoms with van der Waals surface area (Å²) < 4.78 is 20.1. The van der Waals surface area contributed by atoms with Gasteiger partial charge >= 0.3 is 0 Å². The van der Waals surface area contributed by atoms with Gasteiger partial charge in [-0.15, -0.1) is 0 Å². The molecule has 23 heavy (non-hydrogen) atoms. The maximum atomic E-state index is 14.2. The van der Waals surface area contributed by atoms with Gasteiger partial charge in [0.15, 0.2) is 11.6 Å². The lowest BCUT2D eigenvalue weighted by Gasteiger charge is -2.33. The van der Waals surface area contributed by atoms with E-state index in [1.165, 1.54) is 6.07 Å². The number of rotatable bonds is 4. The highest BCUT2D eigenvalue weighted by Gasteiger charge is 2.22. The van der Waals surface area contributed by atoms with Crippen molar-refractivity contribution >= 4 is 10.8 Å². The fraction of sp³-hybridized carbons (Fsp3) is 0.500. The molecule has 124 valence electrons. The standard InChI is InChI=1S/C18H23FN2O2/c1-12(2)11-21-7-4-14(5-8-21)23-17-9-13-3-6-20-18(22)15(13)10-16(17)19/h3,6,9-10,12,14H,4-5,7-8,11H2,1-2H3,(H,20,22). The molecule has 1 fully saturated rings. The first kappa shape index (κ1) is 16.0. The van der Waals surface area contributed by atoms with E-state index in [2.05, 4.69) is 23.7 Å². The van der Waals surface area contributed by atoms with Crippen molar-refractivity contribution in [3.8, 4) is 5.75 Å². The highest BCUT2D eigenvalue weighted by atomic mass is 19.1. The number of pyridine rings is 1. The first-order chi connectivity index (χ1) is 11.0. The minimum atomic E-state index is -0.473. The van der Waals surface area contributed by atoms with Crippen molar-refractivity contribution in [1.29, 1.82) is 0 Å². The third-order valence-electron chi connectivity index (χ3n) is 4.28. The molecule has 1 aliphatic rings. The molecule has 0 radical (unpaired) electrons. The van der Waals surface area contributed by atoms with Gasteiger partial charge in [0.1, 0.15) is 6.10 Å². The van der Waals surface area contributed by atoms with Crippen LogP contribution < -0.4 is 10.3 Å². The molecule has 3 rings (SSSR count). The van der Waals surface area contributed by atoms with Crippen molar-refractivity contribution in [1.82, 2.24) is 9.88 Å². The Morgan fingerprint density at radius 3 is 2.78 bits per heavy atom. The normalized spacial score (nSPS) is 17.0. The molecule has 1 saturated heterocycles. The number of nitrogens with one attached hydrogen (secondary N) is 1. The minimum Gasteiger partial charge on any atom is -0.487 e. The Morgan fingerprint density at radius 1 is 1.35 bits per heavy atom. The molecule has 0 spiro atoms. The van der Waals surface area contributed by atoms with Crippen LogP contribution in [0.3, 0.4) is 0 Å². The molecule has 0 amide bonds. The van der Waals surface area contributed by atoms with Crippen molar-refractivity contribution in [2.24, 2.45) is 5.92 Å². The lowest BCUT2D eigenvalue weighted by Crippen LogP contribution is -2.40. The average molecular weight is 318 g/mol. The lowest BCUT2D eigenvalue weighted by atomic mass is 10.1. The first-order valence-electron chi connectivity index (χ1n) is 8.23. The minimum absolute atomic E-state index is 0.0346. The van der Waals surface area contributed by atoms with Crippen molar-refractivity contribution in [3.63, 3.8) is 0 Å². The van der Waals surface area contributed by atoms with Gasteiger partial charge in [-0.25, -0.2) is 4.39 Å². The molecule has 1 N–H and O–H groups in total. The van der Waals surface area contributed by atoms with Gasteiger partial charge in [0.25, 0.3) is 5.56 Å². The summed E-state index contributed by atoms with van der Waals surface area (Å²) in [5.74, 6) is 0.424. The molecule has 2 heterocycles. The molecule has 1 aromatic carbocycles. The molecule has 1 aromatic heterocycles. The molecule has 0 saturated carbocycles. The summed E-state index contributed by atoms with van der Waals surface area (Å²) in [6.45, 7) is 7.50. The molecule has 0 aliphatic carbocycles. The Balaban J connectivity index is 1.70. The number of aromatic nitrogens is 1. The zero-order valence-corrected chi connectivity index (χ0v) is 13.6. The van der Waals surface area contributed by atoms with Gasteiger partial charge in [-0.2, -0.15) is 0 Å². The topological polar surface area (TPSA) is 45.3 Å². The van der Waals surface area contributed by atoms with Gasteiger partial charge in [0, 0.05) is 25.8 Å². The maximum Gasteiger partial charge on any atom is 0.255 e.